The number of nitriles is 1. The zero-order valence-electron chi connectivity index (χ0n) is 10.2. The van der Waals surface area contributed by atoms with Gasteiger partial charge in [0, 0.05) is 0 Å². The van der Waals surface area contributed by atoms with Crippen molar-refractivity contribution in [3.05, 3.63) is 59.2 Å². The van der Waals surface area contributed by atoms with Crippen LogP contribution in [0, 0.1) is 25.2 Å². The molecule has 17 heavy (non-hydrogen) atoms. The molecule has 0 saturated carbocycles. The molecule has 0 amide bonds. The minimum absolute atomic E-state index is 0.486. The minimum atomic E-state index is 0.486. The highest BCUT2D eigenvalue weighted by molar-refractivity contribution is 5.65. The molecule has 0 atom stereocenters. The summed E-state index contributed by atoms with van der Waals surface area (Å²) in [5, 5.41) is 8.72. The molecular formula is C16H15N. The van der Waals surface area contributed by atoms with Crippen LogP contribution in [0.25, 0.3) is 11.1 Å². The third kappa shape index (κ3) is 2.54. The molecule has 2 aromatic carbocycles. The van der Waals surface area contributed by atoms with Crippen molar-refractivity contribution in [3.63, 3.8) is 0 Å². The van der Waals surface area contributed by atoms with E-state index >= 15 is 0 Å². The van der Waals surface area contributed by atoms with Gasteiger partial charge in [0.2, 0.25) is 0 Å². The monoisotopic (exact) mass is 221 g/mol. The molecule has 0 aromatic heterocycles. The summed E-state index contributed by atoms with van der Waals surface area (Å²) in [6.45, 7) is 4.16. The quantitative estimate of drug-likeness (QED) is 0.751. The first-order chi connectivity index (χ1) is 8.20. The average Bonchev–Trinajstić information content (AvgIpc) is 2.32. The van der Waals surface area contributed by atoms with Gasteiger partial charge in [0.25, 0.3) is 0 Å². The Morgan fingerprint density at radius 2 is 1.76 bits per heavy atom. The summed E-state index contributed by atoms with van der Waals surface area (Å²) in [6.07, 6.45) is 0.486. The molecule has 0 fully saturated rings. The minimum Gasteiger partial charge on any atom is -0.198 e. The second kappa shape index (κ2) is 4.84. The highest BCUT2D eigenvalue weighted by Crippen LogP contribution is 2.23. The van der Waals surface area contributed by atoms with Crippen LogP contribution in [-0.4, -0.2) is 0 Å². The Bertz CT molecular complexity index is 576. The molecule has 84 valence electrons. The number of aryl methyl sites for hydroxylation is 2. The maximum absolute atomic E-state index is 8.72. The van der Waals surface area contributed by atoms with Crippen LogP contribution >= 0.6 is 0 Å². The van der Waals surface area contributed by atoms with Gasteiger partial charge < -0.3 is 0 Å². The van der Waals surface area contributed by atoms with E-state index in [0.717, 1.165) is 5.56 Å². The second-order valence-electron chi connectivity index (χ2n) is 4.35. The first kappa shape index (κ1) is 11.4. The van der Waals surface area contributed by atoms with Gasteiger partial charge >= 0.3 is 0 Å². The molecule has 1 nitrogen and oxygen atoms in total. The maximum Gasteiger partial charge on any atom is 0.0669 e. The summed E-state index contributed by atoms with van der Waals surface area (Å²) < 4.78 is 0. The maximum atomic E-state index is 8.72. The Hall–Kier alpha value is -2.07. The molecule has 0 radical (unpaired) electrons. The number of benzene rings is 2. The topological polar surface area (TPSA) is 23.8 Å². The van der Waals surface area contributed by atoms with E-state index in [9.17, 15) is 0 Å². The Morgan fingerprint density at radius 1 is 1.00 bits per heavy atom. The fourth-order valence-corrected chi connectivity index (χ4v) is 1.98. The molecule has 0 N–H and O–H groups in total. The van der Waals surface area contributed by atoms with Crippen LogP contribution in [-0.2, 0) is 6.42 Å². The molecule has 0 aliphatic rings. The summed E-state index contributed by atoms with van der Waals surface area (Å²) in [7, 11) is 0. The smallest absolute Gasteiger partial charge is 0.0669 e. The van der Waals surface area contributed by atoms with Crippen molar-refractivity contribution in [1.29, 1.82) is 5.26 Å². The zero-order valence-corrected chi connectivity index (χ0v) is 10.2. The lowest BCUT2D eigenvalue weighted by atomic mass is 9.98. The number of hydrogen-bond donors (Lipinski definition) is 0. The van der Waals surface area contributed by atoms with Crippen LogP contribution < -0.4 is 0 Å². The summed E-state index contributed by atoms with van der Waals surface area (Å²) in [5.41, 5.74) is 6.01. The molecule has 0 unspecified atom stereocenters. The van der Waals surface area contributed by atoms with Gasteiger partial charge in [0.1, 0.15) is 0 Å². The third-order valence-corrected chi connectivity index (χ3v) is 2.96. The molecule has 0 spiro atoms. The zero-order chi connectivity index (χ0) is 12.3. The van der Waals surface area contributed by atoms with E-state index in [4.69, 9.17) is 5.26 Å². The van der Waals surface area contributed by atoms with E-state index in [1.54, 1.807) is 0 Å². The summed E-state index contributed by atoms with van der Waals surface area (Å²) in [6, 6.07) is 17.0. The van der Waals surface area contributed by atoms with Crippen molar-refractivity contribution in [2.75, 3.05) is 0 Å². The van der Waals surface area contributed by atoms with Crippen molar-refractivity contribution in [2.24, 2.45) is 0 Å². The molecule has 0 aliphatic carbocycles. The lowest BCUT2D eigenvalue weighted by Gasteiger charge is -2.07. The van der Waals surface area contributed by atoms with Crippen LogP contribution in [0.15, 0.2) is 42.5 Å². The van der Waals surface area contributed by atoms with Crippen LogP contribution in [0.4, 0.5) is 0 Å². The molecule has 2 aromatic rings. The van der Waals surface area contributed by atoms with E-state index in [0.29, 0.717) is 6.42 Å². The van der Waals surface area contributed by atoms with Gasteiger partial charge in [-0.15, -0.1) is 0 Å². The van der Waals surface area contributed by atoms with Gasteiger partial charge in [0.15, 0.2) is 0 Å². The van der Waals surface area contributed by atoms with Gasteiger partial charge in [-0.1, -0.05) is 48.0 Å². The molecule has 2 rings (SSSR count). The predicted molar refractivity (Wildman–Crippen MR) is 70.7 cm³/mol. The van der Waals surface area contributed by atoms with Crippen LogP contribution in [0.2, 0.25) is 0 Å². The van der Waals surface area contributed by atoms with Gasteiger partial charge in [-0.05, 0) is 36.1 Å². The highest BCUT2D eigenvalue weighted by Gasteiger charge is 2.02. The normalized spacial score (nSPS) is 9.94. The largest absolute Gasteiger partial charge is 0.198 e. The Balaban J connectivity index is 2.42. The van der Waals surface area contributed by atoms with E-state index in [1.165, 1.54) is 22.3 Å². The van der Waals surface area contributed by atoms with Crippen LogP contribution in [0.1, 0.15) is 16.7 Å². The van der Waals surface area contributed by atoms with E-state index < -0.39 is 0 Å². The molecule has 0 aliphatic heterocycles. The van der Waals surface area contributed by atoms with E-state index in [2.05, 4.69) is 62.4 Å². The lowest BCUT2D eigenvalue weighted by Crippen LogP contribution is -1.88. The van der Waals surface area contributed by atoms with Gasteiger partial charge in [-0.2, -0.15) is 5.26 Å². The molecule has 0 saturated heterocycles. The van der Waals surface area contributed by atoms with Gasteiger partial charge in [0.05, 0.1) is 12.5 Å². The van der Waals surface area contributed by atoms with Crippen molar-refractivity contribution < 1.29 is 0 Å². The second-order valence-corrected chi connectivity index (χ2v) is 4.35. The van der Waals surface area contributed by atoms with Crippen molar-refractivity contribution in [2.45, 2.75) is 20.3 Å². The van der Waals surface area contributed by atoms with Crippen molar-refractivity contribution in [1.82, 2.24) is 0 Å². The van der Waals surface area contributed by atoms with Gasteiger partial charge in [-0.25, -0.2) is 0 Å². The first-order valence-corrected chi connectivity index (χ1v) is 5.74. The van der Waals surface area contributed by atoms with Gasteiger partial charge in [-0.3, -0.25) is 0 Å². The molecule has 0 heterocycles. The Labute approximate surface area is 102 Å². The number of nitrogens with zero attached hydrogens (tertiary/aromatic N) is 1. The third-order valence-electron chi connectivity index (χ3n) is 2.96. The SMILES string of the molecule is Cc1cccc(-c2ccc(CC#N)c(C)c2)c1. The fourth-order valence-electron chi connectivity index (χ4n) is 1.98. The molecule has 0 bridgehead atoms. The highest BCUT2D eigenvalue weighted by atomic mass is 14.2. The van der Waals surface area contributed by atoms with Crippen molar-refractivity contribution >= 4 is 0 Å². The number of hydrogen-bond acceptors (Lipinski definition) is 1. The van der Waals surface area contributed by atoms with E-state index in [1.807, 2.05) is 0 Å². The predicted octanol–water partition coefficient (Wildman–Crippen LogP) is 4.04. The number of rotatable bonds is 2. The van der Waals surface area contributed by atoms with Crippen LogP contribution in [0.5, 0.6) is 0 Å². The van der Waals surface area contributed by atoms with E-state index in [-0.39, 0.29) is 0 Å². The summed E-state index contributed by atoms with van der Waals surface area (Å²) in [4.78, 5) is 0. The lowest BCUT2D eigenvalue weighted by molar-refractivity contribution is 1.21. The Morgan fingerprint density at radius 3 is 2.41 bits per heavy atom. The Kier molecular flexibility index (Phi) is 3.25. The first-order valence-electron chi connectivity index (χ1n) is 5.74. The summed E-state index contributed by atoms with van der Waals surface area (Å²) in [5.74, 6) is 0. The van der Waals surface area contributed by atoms with Crippen LogP contribution in [0.3, 0.4) is 0 Å². The standard InChI is InChI=1S/C16H15N/c1-12-4-3-5-15(10-12)16-7-6-14(8-9-17)13(2)11-16/h3-7,10-11H,8H2,1-2H3. The van der Waals surface area contributed by atoms with Crippen molar-refractivity contribution in [3.8, 4) is 17.2 Å². The summed E-state index contributed by atoms with van der Waals surface area (Å²) >= 11 is 0. The molecular weight excluding hydrogens is 206 g/mol. The fraction of sp³-hybridized carbons (Fsp3) is 0.188. The molecule has 1 heteroatoms. The average molecular weight is 221 g/mol.